The first-order valence-corrected chi connectivity index (χ1v) is 8.80. The molecule has 4 rings (SSSR count). The number of nitrogens with zero attached hydrogens (tertiary/aromatic N) is 3. The van der Waals surface area contributed by atoms with Gasteiger partial charge in [-0.25, -0.2) is 9.78 Å². The summed E-state index contributed by atoms with van der Waals surface area (Å²) in [5, 5.41) is 3.00. The molecule has 1 aromatic carbocycles. The van der Waals surface area contributed by atoms with Gasteiger partial charge in [-0.1, -0.05) is 6.07 Å². The van der Waals surface area contributed by atoms with E-state index < -0.39 is 0 Å². The Morgan fingerprint density at radius 3 is 3.12 bits per heavy atom. The van der Waals surface area contributed by atoms with Gasteiger partial charge in [0.1, 0.15) is 5.52 Å². The van der Waals surface area contributed by atoms with Crippen molar-refractivity contribution in [2.45, 2.75) is 25.4 Å². The van der Waals surface area contributed by atoms with Crippen LogP contribution in [-0.4, -0.2) is 72.2 Å². The minimum atomic E-state index is -0.0828. The maximum atomic E-state index is 13.0. The van der Waals surface area contributed by atoms with E-state index in [0.29, 0.717) is 48.8 Å². The number of nitrogens with one attached hydrogen (secondary N) is 1. The first kappa shape index (κ1) is 16.8. The van der Waals surface area contributed by atoms with Gasteiger partial charge in [0.25, 0.3) is 5.91 Å². The van der Waals surface area contributed by atoms with Crippen LogP contribution in [0.4, 0.5) is 4.79 Å². The average molecular weight is 358 g/mol. The number of aromatic nitrogens is 1. The van der Waals surface area contributed by atoms with Crippen LogP contribution in [0.1, 0.15) is 22.7 Å². The third-order valence-electron chi connectivity index (χ3n) is 5.13. The Labute approximate surface area is 151 Å². The molecule has 8 heteroatoms. The Bertz CT molecular complexity index is 849. The highest BCUT2D eigenvalue weighted by molar-refractivity contribution is 6.04. The van der Waals surface area contributed by atoms with E-state index in [9.17, 15) is 9.59 Å². The fourth-order valence-corrected chi connectivity index (χ4v) is 3.89. The number of benzene rings is 1. The maximum absolute atomic E-state index is 13.0. The molecular formula is C18H22N4O4. The molecule has 26 heavy (non-hydrogen) atoms. The Hall–Kier alpha value is -2.61. The summed E-state index contributed by atoms with van der Waals surface area (Å²) in [6, 6.07) is 5.35. The second kappa shape index (κ2) is 6.60. The fraction of sp³-hybridized carbons (Fsp3) is 0.500. The van der Waals surface area contributed by atoms with Gasteiger partial charge in [0, 0.05) is 33.7 Å². The van der Waals surface area contributed by atoms with Crippen molar-refractivity contribution in [3.8, 4) is 0 Å². The molecule has 138 valence electrons. The van der Waals surface area contributed by atoms with Crippen LogP contribution in [0.25, 0.3) is 11.1 Å². The number of likely N-dealkylation sites (tertiary alicyclic amines) is 1. The van der Waals surface area contributed by atoms with Gasteiger partial charge in [0.05, 0.1) is 24.3 Å². The van der Waals surface area contributed by atoms with Crippen LogP contribution in [-0.2, 0) is 4.74 Å². The van der Waals surface area contributed by atoms with Crippen molar-refractivity contribution >= 4 is 23.0 Å². The van der Waals surface area contributed by atoms with Gasteiger partial charge in [0.2, 0.25) is 0 Å². The van der Waals surface area contributed by atoms with Crippen molar-refractivity contribution in [1.29, 1.82) is 0 Å². The summed E-state index contributed by atoms with van der Waals surface area (Å²) in [5.74, 6) is 0.461. The Kier molecular flexibility index (Phi) is 4.28. The predicted octanol–water partition coefficient (Wildman–Crippen LogP) is 1.39. The Morgan fingerprint density at radius 1 is 1.46 bits per heavy atom. The first-order valence-electron chi connectivity index (χ1n) is 8.80. The largest absolute Gasteiger partial charge is 0.441 e. The van der Waals surface area contributed by atoms with Crippen molar-refractivity contribution in [2.24, 2.45) is 0 Å². The number of aryl methyl sites for hydroxylation is 1. The second-order valence-corrected chi connectivity index (χ2v) is 6.73. The molecule has 0 spiro atoms. The normalized spacial score (nSPS) is 22.6. The number of methoxy groups -OCH3 is 1. The predicted molar refractivity (Wildman–Crippen MR) is 94.0 cm³/mol. The number of oxazole rings is 1. The minimum absolute atomic E-state index is 0.0599. The Morgan fingerprint density at radius 2 is 2.31 bits per heavy atom. The van der Waals surface area contributed by atoms with Gasteiger partial charge in [0.15, 0.2) is 11.5 Å². The van der Waals surface area contributed by atoms with E-state index in [-0.39, 0.29) is 24.0 Å². The topological polar surface area (TPSA) is 87.9 Å². The molecule has 0 radical (unpaired) electrons. The summed E-state index contributed by atoms with van der Waals surface area (Å²) < 4.78 is 10.6. The van der Waals surface area contributed by atoms with Crippen LogP contribution in [0.5, 0.6) is 0 Å². The van der Waals surface area contributed by atoms with E-state index in [0.717, 1.165) is 6.42 Å². The van der Waals surface area contributed by atoms with Crippen molar-refractivity contribution in [3.05, 3.63) is 29.7 Å². The number of ether oxygens (including phenoxy) is 1. The highest BCUT2D eigenvalue weighted by Crippen LogP contribution is 2.26. The number of carbonyl (C=O) groups excluding carboxylic acids is 2. The monoisotopic (exact) mass is 358 g/mol. The number of amides is 3. The zero-order chi connectivity index (χ0) is 18.3. The van der Waals surface area contributed by atoms with Crippen LogP contribution in [0.3, 0.4) is 0 Å². The highest BCUT2D eigenvalue weighted by atomic mass is 16.5. The molecule has 2 saturated heterocycles. The lowest BCUT2D eigenvalue weighted by Crippen LogP contribution is -2.53. The van der Waals surface area contributed by atoms with Crippen LogP contribution in [0.2, 0.25) is 0 Å². The van der Waals surface area contributed by atoms with Crippen LogP contribution in [0.15, 0.2) is 22.6 Å². The van der Waals surface area contributed by atoms with Crippen molar-refractivity contribution in [3.63, 3.8) is 0 Å². The molecule has 0 unspecified atom stereocenters. The molecule has 8 nitrogen and oxygen atoms in total. The lowest BCUT2D eigenvalue weighted by atomic mass is 9.99. The minimum Gasteiger partial charge on any atom is -0.441 e. The summed E-state index contributed by atoms with van der Waals surface area (Å²) in [5.41, 5.74) is 1.75. The molecule has 3 heterocycles. The van der Waals surface area contributed by atoms with Gasteiger partial charge in [-0.3, -0.25) is 4.79 Å². The SMILES string of the molecule is COCCN1C(=O)N[C@@H]2CN(C(=O)c3cccc4oc(C)nc34)CC[C@@H]21. The zero-order valence-electron chi connectivity index (χ0n) is 14.9. The summed E-state index contributed by atoms with van der Waals surface area (Å²) >= 11 is 0. The van der Waals surface area contributed by atoms with Gasteiger partial charge in [-0.05, 0) is 18.6 Å². The number of para-hydroxylation sites is 1. The quantitative estimate of drug-likeness (QED) is 0.892. The van der Waals surface area contributed by atoms with Gasteiger partial charge >= 0.3 is 6.03 Å². The fourth-order valence-electron chi connectivity index (χ4n) is 3.89. The smallest absolute Gasteiger partial charge is 0.318 e. The lowest BCUT2D eigenvalue weighted by molar-refractivity contribution is 0.0644. The molecule has 2 fully saturated rings. The van der Waals surface area contributed by atoms with Crippen molar-refractivity contribution < 1.29 is 18.7 Å². The molecule has 2 aromatic rings. The number of urea groups is 1. The number of hydrogen-bond acceptors (Lipinski definition) is 5. The number of piperidine rings is 1. The van der Waals surface area contributed by atoms with E-state index in [1.165, 1.54) is 0 Å². The summed E-state index contributed by atoms with van der Waals surface area (Å²) in [7, 11) is 1.62. The molecule has 0 bridgehead atoms. The third kappa shape index (κ3) is 2.80. The van der Waals surface area contributed by atoms with E-state index in [1.807, 2.05) is 11.0 Å². The van der Waals surface area contributed by atoms with E-state index in [2.05, 4.69) is 10.3 Å². The number of carbonyl (C=O) groups is 2. The summed E-state index contributed by atoms with van der Waals surface area (Å²) in [6.45, 7) is 3.93. The highest BCUT2D eigenvalue weighted by Gasteiger charge is 2.43. The molecule has 2 atom stereocenters. The van der Waals surface area contributed by atoms with Gasteiger partial charge in [-0.15, -0.1) is 0 Å². The maximum Gasteiger partial charge on any atom is 0.318 e. The van der Waals surface area contributed by atoms with Crippen molar-refractivity contribution in [2.75, 3.05) is 33.4 Å². The molecule has 0 saturated carbocycles. The molecule has 0 aliphatic carbocycles. The van der Waals surface area contributed by atoms with E-state index >= 15 is 0 Å². The van der Waals surface area contributed by atoms with Gasteiger partial charge in [-0.2, -0.15) is 0 Å². The second-order valence-electron chi connectivity index (χ2n) is 6.73. The Balaban J connectivity index is 1.52. The molecule has 1 aromatic heterocycles. The molecule has 2 aliphatic heterocycles. The lowest BCUT2D eigenvalue weighted by Gasteiger charge is -2.36. The molecule has 1 N–H and O–H groups in total. The van der Waals surface area contributed by atoms with Crippen LogP contribution < -0.4 is 5.32 Å². The van der Waals surface area contributed by atoms with Gasteiger partial charge < -0.3 is 24.3 Å². The number of hydrogen-bond donors (Lipinski definition) is 1. The summed E-state index contributed by atoms with van der Waals surface area (Å²) in [6.07, 6.45) is 0.743. The number of rotatable bonds is 4. The van der Waals surface area contributed by atoms with E-state index in [1.54, 1.807) is 31.1 Å². The van der Waals surface area contributed by atoms with Crippen molar-refractivity contribution in [1.82, 2.24) is 20.1 Å². The molecule has 2 aliphatic rings. The molecule has 3 amide bonds. The average Bonchev–Trinajstić information content (AvgIpc) is 3.16. The van der Waals surface area contributed by atoms with Crippen LogP contribution >= 0.6 is 0 Å². The third-order valence-corrected chi connectivity index (χ3v) is 5.13. The van der Waals surface area contributed by atoms with Crippen LogP contribution in [0, 0.1) is 6.92 Å². The first-order chi connectivity index (χ1) is 12.6. The van der Waals surface area contributed by atoms with E-state index in [4.69, 9.17) is 9.15 Å². The molecular weight excluding hydrogens is 336 g/mol. The number of fused-ring (bicyclic) bond motifs is 2. The summed E-state index contributed by atoms with van der Waals surface area (Å²) in [4.78, 5) is 33.2. The standard InChI is InChI=1S/C18H22N4O4/c1-11-19-16-12(4-3-5-15(16)26-11)17(23)21-7-6-14-13(10-21)20-18(24)22(14)8-9-25-2/h3-5,13-14H,6-10H2,1-2H3,(H,20,24)/t13-,14+/m1/s1. The zero-order valence-corrected chi connectivity index (χ0v) is 14.9.